The molecule has 0 amide bonds. The Morgan fingerprint density at radius 2 is 1.25 bits per heavy atom. The van der Waals surface area contributed by atoms with Gasteiger partial charge in [0.25, 0.3) is 0 Å². The van der Waals surface area contributed by atoms with Gasteiger partial charge < -0.3 is 19.7 Å². The molecule has 3 rings (SSSR count). The normalized spacial score (nSPS) is 20.9. The molecule has 2 atom stereocenters. The van der Waals surface area contributed by atoms with E-state index in [9.17, 15) is 10.2 Å². The summed E-state index contributed by atoms with van der Waals surface area (Å²) in [5.41, 5.74) is 0. The standard InChI is InChI=1S/C18H28N4O4S6/c23-13(9-29-17-21-19-15(27)31-17)7-25-5-11-1-2-12(4-3-11)6-26-8-14(24)10-30-18-22-20-16(28)32-18/h11-14,23-24H,1-10H2,(H,19,27)(H,20,28). The van der Waals surface area contributed by atoms with Crippen LogP contribution in [0.1, 0.15) is 25.7 Å². The molecule has 0 radical (unpaired) electrons. The summed E-state index contributed by atoms with van der Waals surface area (Å²) in [6.07, 6.45) is 3.41. The molecule has 2 aromatic rings. The van der Waals surface area contributed by atoms with E-state index in [1.54, 1.807) is 0 Å². The lowest BCUT2D eigenvalue weighted by Gasteiger charge is -2.28. The Balaban J connectivity index is 1.18. The molecule has 8 nitrogen and oxygen atoms in total. The fourth-order valence-electron chi connectivity index (χ4n) is 3.29. The first-order valence-electron chi connectivity index (χ1n) is 10.4. The van der Waals surface area contributed by atoms with Crippen molar-refractivity contribution >= 4 is 70.6 Å². The second kappa shape index (κ2) is 14.5. The molecular weight excluding hydrogens is 529 g/mol. The number of nitrogens with zero attached hydrogens (tertiary/aromatic N) is 2. The number of nitrogens with one attached hydrogen (secondary N) is 2. The molecular formula is C18H28N4O4S6. The van der Waals surface area contributed by atoms with Crippen LogP contribution < -0.4 is 0 Å². The van der Waals surface area contributed by atoms with Gasteiger partial charge in [-0.3, -0.25) is 10.2 Å². The van der Waals surface area contributed by atoms with E-state index in [-0.39, 0.29) is 0 Å². The highest BCUT2D eigenvalue weighted by atomic mass is 32.2. The Morgan fingerprint density at radius 1 is 0.844 bits per heavy atom. The average Bonchev–Trinajstić information content (AvgIpc) is 3.39. The van der Waals surface area contributed by atoms with Gasteiger partial charge in [-0.15, -0.1) is 0 Å². The number of aliphatic hydroxyl groups is 2. The van der Waals surface area contributed by atoms with Crippen LogP contribution in [0.5, 0.6) is 0 Å². The fraction of sp³-hybridized carbons (Fsp3) is 0.778. The first kappa shape index (κ1) is 26.7. The molecule has 0 aromatic carbocycles. The third-order valence-electron chi connectivity index (χ3n) is 4.93. The lowest BCUT2D eigenvalue weighted by atomic mass is 9.83. The van der Waals surface area contributed by atoms with Crippen molar-refractivity contribution in [2.24, 2.45) is 11.8 Å². The van der Waals surface area contributed by atoms with Crippen LogP contribution in [0.25, 0.3) is 0 Å². The quantitative estimate of drug-likeness (QED) is 0.200. The number of thioether (sulfide) groups is 2. The Labute approximate surface area is 213 Å². The first-order chi connectivity index (χ1) is 15.5. The molecule has 180 valence electrons. The number of hydrogen-bond acceptors (Lipinski definition) is 12. The number of H-pyrrole nitrogens is 2. The van der Waals surface area contributed by atoms with Crippen LogP contribution in [0.2, 0.25) is 0 Å². The average molecular weight is 557 g/mol. The van der Waals surface area contributed by atoms with Crippen LogP contribution in [0.4, 0.5) is 0 Å². The summed E-state index contributed by atoms with van der Waals surface area (Å²) in [6, 6.07) is 0. The zero-order chi connectivity index (χ0) is 22.8. The highest BCUT2D eigenvalue weighted by Gasteiger charge is 2.22. The Hall–Kier alpha value is 0.1000. The number of rotatable bonds is 14. The molecule has 32 heavy (non-hydrogen) atoms. The van der Waals surface area contributed by atoms with Crippen molar-refractivity contribution in [1.82, 2.24) is 20.4 Å². The van der Waals surface area contributed by atoms with E-state index in [0.717, 1.165) is 34.4 Å². The summed E-state index contributed by atoms with van der Waals surface area (Å²) < 4.78 is 14.5. The van der Waals surface area contributed by atoms with E-state index < -0.39 is 12.2 Å². The van der Waals surface area contributed by atoms with Crippen molar-refractivity contribution in [2.75, 3.05) is 37.9 Å². The van der Waals surface area contributed by atoms with Gasteiger partial charge in [-0.2, -0.15) is 10.2 Å². The third-order valence-corrected chi connectivity index (χ3v) is 9.68. The monoisotopic (exact) mass is 556 g/mol. The Kier molecular flexibility index (Phi) is 12.1. The molecule has 0 saturated heterocycles. The summed E-state index contributed by atoms with van der Waals surface area (Å²) >= 11 is 15.8. The zero-order valence-electron chi connectivity index (χ0n) is 17.4. The van der Waals surface area contributed by atoms with Crippen LogP contribution in [0.3, 0.4) is 0 Å². The van der Waals surface area contributed by atoms with Gasteiger partial charge in [0.1, 0.15) is 0 Å². The molecule has 2 unspecified atom stereocenters. The number of hydrogen-bond donors (Lipinski definition) is 4. The molecule has 0 aliphatic heterocycles. The van der Waals surface area contributed by atoms with E-state index in [4.69, 9.17) is 33.9 Å². The first-order valence-corrected chi connectivity index (χ1v) is 14.8. The van der Waals surface area contributed by atoms with Crippen LogP contribution in [0, 0.1) is 19.7 Å². The van der Waals surface area contributed by atoms with Crippen molar-refractivity contribution in [3.05, 3.63) is 7.91 Å². The van der Waals surface area contributed by atoms with Gasteiger partial charge in [0, 0.05) is 24.7 Å². The van der Waals surface area contributed by atoms with E-state index in [1.807, 2.05) is 0 Å². The second-order valence-corrected chi connectivity index (χ2v) is 13.5. The smallest absolute Gasteiger partial charge is 0.177 e. The summed E-state index contributed by atoms with van der Waals surface area (Å²) in [6.45, 7) is 2.06. The van der Waals surface area contributed by atoms with Crippen LogP contribution in [-0.2, 0) is 9.47 Å². The molecule has 0 spiro atoms. The van der Waals surface area contributed by atoms with Gasteiger partial charge in [-0.05, 0) is 62.0 Å². The minimum Gasteiger partial charge on any atom is -0.390 e. The fourth-order valence-corrected chi connectivity index (χ4v) is 7.32. The molecule has 1 aliphatic rings. The molecule has 1 saturated carbocycles. The van der Waals surface area contributed by atoms with E-state index >= 15 is 0 Å². The predicted molar refractivity (Wildman–Crippen MR) is 135 cm³/mol. The van der Waals surface area contributed by atoms with Gasteiger partial charge >= 0.3 is 0 Å². The SMILES string of the molecule is OC(COCC1CCC(COCC(O)CSc2n[nH]c(=S)s2)CC1)CSc1n[nH]c(=S)s1. The zero-order valence-corrected chi connectivity index (χ0v) is 22.3. The predicted octanol–water partition coefficient (Wildman–Crippen LogP) is 4.16. The maximum atomic E-state index is 10.1. The highest BCUT2D eigenvalue weighted by molar-refractivity contribution is 8.01. The number of ether oxygens (including phenoxy) is 2. The van der Waals surface area contributed by atoms with Crippen LogP contribution in [0.15, 0.2) is 8.68 Å². The van der Waals surface area contributed by atoms with Crippen LogP contribution in [-0.4, -0.2) is 80.7 Å². The van der Waals surface area contributed by atoms with E-state index in [2.05, 4.69) is 20.4 Å². The van der Waals surface area contributed by atoms with Crippen molar-refractivity contribution in [1.29, 1.82) is 0 Å². The molecule has 2 aromatic heterocycles. The molecule has 4 N–H and O–H groups in total. The van der Waals surface area contributed by atoms with Crippen molar-refractivity contribution in [3.8, 4) is 0 Å². The van der Waals surface area contributed by atoms with Crippen molar-refractivity contribution < 1.29 is 19.7 Å². The summed E-state index contributed by atoms with van der Waals surface area (Å²) in [4.78, 5) is 0. The Bertz CT molecular complexity index is 822. The molecule has 2 heterocycles. The number of aliphatic hydroxyl groups excluding tert-OH is 2. The number of aromatic amines is 2. The Morgan fingerprint density at radius 3 is 1.59 bits per heavy atom. The van der Waals surface area contributed by atoms with Gasteiger partial charge in [0.2, 0.25) is 0 Å². The summed E-state index contributed by atoms with van der Waals surface area (Å²) in [5.74, 6) is 2.16. The maximum absolute atomic E-state index is 10.1. The van der Waals surface area contributed by atoms with Crippen LogP contribution >= 0.6 is 70.6 Å². The van der Waals surface area contributed by atoms with Gasteiger partial charge in [0.15, 0.2) is 16.6 Å². The lowest BCUT2D eigenvalue weighted by Crippen LogP contribution is -2.26. The molecule has 1 aliphatic carbocycles. The number of aromatic nitrogens is 4. The lowest BCUT2D eigenvalue weighted by molar-refractivity contribution is 0.00420. The van der Waals surface area contributed by atoms with Gasteiger partial charge in [-0.1, -0.05) is 46.2 Å². The second-order valence-electron chi connectivity index (χ2n) is 7.65. The summed E-state index contributed by atoms with van der Waals surface area (Å²) in [5, 5.41) is 33.8. The maximum Gasteiger partial charge on any atom is 0.177 e. The minimum atomic E-state index is -0.515. The summed E-state index contributed by atoms with van der Waals surface area (Å²) in [7, 11) is 0. The van der Waals surface area contributed by atoms with Crippen molar-refractivity contribution in [3.63, 3.8) is 0 Å². The third kappa shape index (κ3) is 10.2. The van der Waals surface area contributed by atoms with E-state index in [0.29, 0.717) is 57.7 Å². The molecule has 1 fully saturated rings. The molecule has 14 heteroatoms. The topological polar surface area (TPSA) is 116 Å². The highest BCUT2D eigenvalue weighted by Crippen LogP contribution is 2.29. The van der Waals surface area contributed by atoms with E-state index in [1.165, 1.54) is 46.2 Å². The molecule has 0 bridgehead atoms. The van der Waals surface area contributed by atoms with Gasteiger partial charge in [-0.25, -0.2) is 0 Å². The van der Waals surface area contributed by atoms with Gasteiger partial charge in [0.05, 0.1) is 25.4 Å². The minimum absolute atomic E-state index is 0.342. The largest absolute Gasteiger partial charge is 0.390 e. The van der Waals surface area contributed by atoms with Crippen molar-refractivity contribution in [2.45, 2.75) is 46.6 Å².